The lowest BCUT2D eigenvalue weighted by atomic mass is 10.2. The van der Waals surface area contributed by atoms with Crippen molar-refractivity contribution in [2.45, 2.75) is 23.5 Å². The third-order valence-electron chi connectivity index (χ3n) is 3.16. The van der Waals surface area contributed by atoms with Crippen molar-refractivity contribution in [1.29, 1.82) is 0 Å². The maximum atomic E-state index is 12.3. The summed E-state index contributed by atoms with van der Waals surface area (Å²) in [6.07, 6.45) is -1.35. The predicted molar refractivity (Wildman–Crippen MR) is 66.4 cm³/mol. The normalized spacial score (nSPS) is 23.1. The Morgan fingerprint density at radius 3 is 2.38 bits per heavy atom. The number of benzene rings is 1. The summed E-state index contributed by atoms with van der Waals surface area (Å²) in [5.41, 5.74) is -0.285. The molecule has 0 unspecified atom stereocenters. The quantitative estimate of drug-likeness (QED) is 0.524. The van der Waals surface area contributed by atoms with E-state index in [0.29, 0.717) is 4.31 Å². The van der Waals surface area contributed by atoms with Gasteiger partial charge in [0.2, 0.25) is 10.0 Å². The van der Waals surface area contributed by atoms with Gasteiger partial charge in [0.15, 0.2) is 0 Å². The number of non-ortho nitro benzene ring substituents is 1. The minimum Gasteiger partial charge on any atom is -0.548 e. The van der Waals surface area contributed by atoms with E-state index in [1.165, 1.54) is 0 Å². The molecule has 1 aromatic rings. The minimum atomic E-state index is -4.18. The Morgan fingerprint density at radius 1 is 1.33 bits per heavy atom. The number of hydrogen-bond donors (Lipinski definition) is 1. The number of hydrogen-bond acceptors (Lipinski definition) is 7. The summed E-state index contributed by atoms with van der Waals surface area (Å²) in [7, 11) is -4.18. The first kappa shape index (κ1) is 15.4. The number of nitro groups is 1. The van der Waals surface area contributed by atoms with Crippen LogP contribution in [0.25, 0.3) is 0 Å². The van der Waals surface area contributed by atoms with Gasteiger partial charge in [0.25, 0.3) is 5.69 Å². The highest BCUT2D eigenvalue weighted by Gasteiger charge is 2.40. The van der Waals surface area contributed by atoms with Gasteiger partial charge in [-0.2, -0.15) is 4.31 Å². The van der Waals surface area contributed by atoms with Gasteiger partial charge in [-0.15, -0.1) is 0 Å². The van der Waals surface area contributed by atoms with Crippen molar-refractivity contribution in [3.63, 3.8) is 0 Å². The van der Waals surface area contributed by atoms with E-state index in [9.17, 15) is 33.5 Å². The molecule has 0 bridgehead atoms. The number of carboxylic acids is 1. The molecule has 0 saturated carbocycles. The van der Waals surface area contributed by atoms with Gasteiger partial charge in [-0.05, 0) is 18.6 Å². The highest BCUT2D eigenvalue weighted by molar-refractivity contribution is 7.89. The van der Waals surface area contributed by atoms with E-state index < -0.39 is 33.1 Å². The number of sulfonamides is 1. The van der Waals surface area contributed by atoms with Crippen LogP contribution < -0.4 is 5.11 Å². The van der Waals surface area contributed by atoms with Gasteiger partial charge < -0.3 is 15.0 Å². The molecule has 0 amide bonds. The number of β-amino-alcohol motifs (C(OH)–C–C–N with tert-alkyl or cyclic N) is 1. The maximum absolute atomic E-state index is 12.3. The third-order valence-corrected chi connectivity index (χ3v) is 5.05. The van der Waals surface area contributed by atoms with Gasteiger partial charge in [-0.25, -0.2) is 8.42 Å². The highest BCUT2D eigenvalue weighted by atomic mass is 32.2. The summed E-state index contributed by atoms with van der Waals surface area (Å²) in [5.74, 6) is -1.60. The fourth-order valence-corrected chi connectivity index (χ4v) is 3.77. The molecule has 0 aliphatic carbocycles. The van der Waals surface area contributed by atoms with Gasteiger partial charge in [0.05, 0.1) is 27.9 Å². The largest absolute Gasteiger partial charge is 0.548 e. The number of rotatable bonds is 4. The van der Waals surface area contributed by atoms with Crippen LogP contribution in [0.3, 0.4) is 0 Å². The van der Waals surface area contributed by atoms with Gasteiger partial charge in [-0.1, -0.05) is 0 Å². The fourth-order valence-electron chi connectivity index (χ4n) is 2.14. The number of nitrogens with zero attached hydrogens (tertiary/aromatic N) is 2. The van der Waals surface area contributed by atoms with Crippen LogP contribution in [0.2, 0.25) is 0 Å². The first-order valence-corrected chi connectivity index (χ1v) is 7.32. The molecule has 2 atom stereocenters. The Labute approximate surface area is 119 Å². The molecule has 1 aromatic carbocycles. The van der Waals surface area contributed by atoms with Crippen LogP contribution in [-0.4, -0.2) is 47.4 Å². The number of carboxylic acid groups (broad SMARTS) is 1. The second kappa shape index (κ2) is 5.39. The van der Waals surface area contributed by atoms with Gasteiger partial charge in [-0.3, -0.25) is 10.1 Å². The highest BCUT2D eigenvalue weighted by Crippen LogP contribution is 2.27. The van der Waals surface area contributed by atoms with Crippen LogP contribution in [0, 0.1) is 10.1 Å². The topological polar surface area (TPSA) is 141 Å². The zero-order valence-corrected chi connectivity index (χ0v) is 11.4. The van der Waals surface area contributed by atoms with Crippen molar-refractivity contribution in [3.05, 3.63) is 34.4 Å². The number of aliphatic hydroxyl groups excluding tert-OH is 1. The van der Waals surface area contributed by atoms with Crippen molar-refractivity contribution in [2.24, 2.45) is 0 Å². The van der Waals surface area contributed by atoms with E-state index in [1.807, 2.05) is 0 Å². The zero-order valence-electron chi connectivity index (χ0n) is 10.6. The van der Waals surface area contributed by atoms with E-state index in [0.717, 1.165) is 24.3 Å². The molecule has 0 radical (unpaired) electrons. The molecule has 0 spiro atoms. The molecule has 1 aliphatic rings. The molecule has 1 heterocycles. The molecule has 9 nitrogen and oxygen atoms in total. The van der Waals surface area contributed by atoms with Crippen molar-refractivity contribution in [1.82, 2.24) is 4.31 Å². The van der Waals surface area contributed by atoms with Gasteiger partial charge in [0, 0.05) is 18.7 Å². The maximum Gasteiger partial charge on any atom is 0.269 e. The molecule has 10 heteroatoms. The molecule has 1 N–H and O–H groups in total. The molecule has 1 fully saturated rings. The van der Waals surface area contributed by atoms with E-state index in [1.54, 1.807) is 0 Å². The fraction of sp³-hybridized carbons (Fsp3) is 0.364. The number of aliphatic hydroxyl groups is 1. The van der Waals surface area contributed by atoms with E-state index in [-0.39, 0.29) is 23.5 Å². The average Bonchev–Trinajstić information content (AvgIpc) is 2.82. The van der Waals surface area contributed by atoms with Gasteiger partial charge in [0.1, 0.15) is 0 Å². The van der Waals surface area contributed by atoms with Crippen molar-refractivity contribution >= 4 is 21.7 Å². The summed E-state index contributed by atoms with van der Waals surface area (Å²) in [6.45, 7) is -0.363. The Bertz CT molecular complexity index is 670. The molecule has 2 rings (SSSR count). The Morgan fingerprint density at radius 2 is 1.90 bits per heavy atom. The van der Waals surface area contributed by atoms with Crippen LogP contribution in [-0.2, 0) is 14.8 Å². The van der Waals surface area contributed by atoms with Crippen LogP contribution in [0.5, 0.6) is 0 Å². The predicted octanol–water partition coefficient (Wildman–Crippen LogP) is -1.53. The smallest absolute Gasteiger partial charge is 0.269 e. The SMILES string of the molecule is O=C([O-])[C@H]1C[C@H](O)CN1S(=O)(=O)c1ccc([N+](=O)[O-])cc1. The van der Waals surface area contributed by atoms with Crippen LogP contribution in [0.1, 0.15) is 6.42 Å². The second-order valence-corrected chi connectivity index (χ2v) is 6.44. The first-order chi connectivity index (χ1) is 9.73. The summed E-state index contributed by atoms with van der Waals surface area (Å²) in [6, 6.07) is 2.59. The number of carbonyl (C=O) groups excluding carboxylic acids is 1. The van der Waals surface area contributed by atoms with Crippen molar-refractivity contribution < 1.29 is 28.3 Å². The number of carbonyl (C=O) groups is 1. The second-order valence-electron chi connectivity index (χ2n) is 4.55. The molecule has 1 aliphatic heterocycles. The summed E-state index contributed by atoms with van der Waals surface area (Å²) >= 11 is 0. The van der Waals surface area contributed by atoms with E-state index >= 15 is 0 Å². The zero-order chi connectivity index (χ0) is 15.8. The Balaban J connectivity index is 2.37. The number of aliphatic carboxylic acids is 1. The molecule has 0 aromatic heterocycles. The Kier molecular flexibility index (Phi) is 3.94. The summed E-state index contributed by atoms with van der Waals surface area (Å²) < 4.78 is 25.3. The van der Waals surface area contributed by atoms with Crippen LogP contribution >= 0.6 is 0 Å². The molecular formula is C11H11N2O7S-. The van der Waals surface area contributed by atoms with Gasteiger partial charge >= 0.3 is 0 Å². The minimum absolute atomic E-state index is 0.255. The lowest BCUT2D eigenvalue weighted by molar-refractivity contribution is -0.384. The van der Waals surface area contributed by atoms with E-state index in [4.69, 9.17) is 0 Å². The molecule has 114 valence electrons. The Hall–Kier alpha value is -2.04. The lowest BCUT2D eigenvalue weighted by Gasteiger charge is -2.24. The third kappa shape index (κ3) is 2.86. The van der Waals surface area contributed by atoms with Crippen molar-refractivity contribution in [2.75, 3.05) is 6.54 Å². The van der Waals surface area contributed by atoms with E-state index in [2.05, 4.69) is 0 Å². The first-order valence-electron chi connectivity index (χ1n) is 5.88. The average molecular weight is 315 g/mol. The molecule has 1 saturated heterocycles. The monoisotopic (exact) mass is 315 g/mol. The lowest BCUT2D eigenvalue weighted by Crippen LogP contribution is -2.46. The molecule has 21 heavy (non-hydrogen) atoms. The van der Waals surface area contributed by atoms with Crippen molar-refractivity contribution in [3.8, 4) is 0 Å². The standard InChI is InChI=1S/C11H12N2O7S/c14-8-5-10(11(15)16)12(6-8)21(19,20)9-3-1-7(2-4-9)13(17)18/h1-4,8,10,14H,5-6H2,(H,15,16)/p-1/t8-,10+/m0/s1. The summed E-state index contributed by atoms with van der Waals surface area (Å²) in [4.78, 5) is 20.5. The number of nitro benzene ring substituents is 1. The molecular weight excluding hydrogens is 304 g/mol. The summed E-state index contributed by atoms with van der Waals surface area (Å²) in [5, 5.41) is 30.9. The van der Waals surface area contributed by atoms with Crippen LogP contribution in [0.15, 0.2) is 29.2 Å². The van der Waals surface area contributed by atoms with Crippen LogP contribution in [0.4, 0.5) is 5.69 Å².